The van der Waals surface area contributed by atoms with Crippen molar-refractivity contribution < 1.29 is 19.4 Å². The number of para-hydroxylation sites is 2. The summed E-state index contributed by atoms with van der Waals surface area (Å²) in [7, 11) is 0. The molecule has 0 spiro atoms. The third-order valence-corrected chi connectivity index (χ3v) is 2.47. The molecule has 0 heterocycles. The van der Waals surface area contributed by atoms with Crippen molar-refractivity contribution in [2.75, 3.05) is 11.9 Å². The van der Waals surface area contributed by atoms with Crippen LogP contribution in [0.4, 0.5) is 5.69 Å². The maximum Gasteiger partial charge on any atom is 0.306 e. The molecule has 0 aliphatic heterocycles. The quantitative estimate of drug-likeness (QED) is 0.434. The van der Waals surface area contributed by atoms with Crippen molar-refractivity contribution in [3.8, 4) is 5.75 Å². The Morgan fingerprint density at radius 1 is 1.30 bits per heavy atom. The average molecular weight is 296 g/mol. The molecule has 6 nitrogen and oxygen atoms in total. The molecule has 0 radical (unpaired) electrons. The monoisotopic (exact) mass is 296 g/mol. The molecule has 3 N–H and O–H groups in total. The van der Waals surface area contributed by atoms with Crippen LogP contribution in [0.5, 0.6) is 5.75 Å². The molecular formula is C13H16N2O4S. The Labute approximate surface area is 122 Å². The molecule has 0 bridgehead atoms. The fraction of sp³-hybridized carbons (Fsp3) is 0.308. The smallest absolute Gasteiger partial charge is 0.306 e. The highest BCUT2D eigenvalue weighted by atomic mass is 32.1. The van der Waals surface area contributed by atoms with E-state index in [1.807, 2.05) is 0 Å². The van der Waals surface area contributed by atoms with E-state index in [9.17, 15) is 14.7 Å². The topological polar surface area (TPSA) is 87.7 Å². The number of esters is 1. The van der Waals surface area contributed by atoms with Crippen molar-refractivity contribution in [2.24, 2.45) is 0 Å². The van der Waals surface area contributed by atoms with Gasteiger partial charge in [0.1, 0.15) is 5.75 Å². The summed E-state index contributed by atoms with van der Waals surface area (Å²) in [5.74, 6) is -0.802. The zero-order valence-electron chi connectivity index (χ0n) is 11.0. The number of thiocarbonyl (C=S) groups is 1. The Morgan fingerprint density at radius 2 is 2.00 bits per heavy atom. The summed E-state index contributed by atoms with van der Waals surface area (Å²) >= 11 is 4.93. The average Bonchev–Trinajstić information content (AvgIpc) is 2.39. The summed E-state index contributed by atoms with van der Waals surface area (Å²) in [4.78, 5) is 22.6. The van der Waals surface area contributed by atoms with E-state index in [4.69, 9.17) is 17.0 Å². The second-order valence-corrected chi connectivity index (χ2v) is 4.23. The Bertz CT molecular complexity index is 505. The van der Waals surface area contributed by atoms with Crippen LogP contribution in [0.3, 0.4) is 0 Å². The first-order valence-corrected chi connectivity index (χ1v) is 6.48. The zero-order chi connectivity index (χ0) is 15.0. The van der Waals surface area contributed by atoms with Gasteiger partial charge >= 0.3 is 5.97 Å². The Kier molecular flexibility index (Phi) is 6.45. The van der Waals surface area contributed by atoms with Gasteiger partial charge in [0, 0.05) is 6.42 Å². The second-order valence-electron chi connectivity index (χ2n) is 3.82. The van der Waals surface area contributed by atoms with Crippen LogP contribution in [0.2, 0.25) is 0 Å². The zero-order valence-corrected chi connectivity index (χ0v) is 11.8. The number of ether oxygens (including phenoxy) is 1. The Balaban J connectivity index is 2.37. The molecule has 0 aromatic heterocycles. The van der Waals surface area contributed by atoms with Crippen molar-refractivity contribution in [1.29, 1.82) is 0 Å². The van der Waals surface area contributed by atoms with Gasteiger partial charge in [-0.15, -0.1) is 0 Å². The summed E-state index contributed by atoms with van der Waals surface area (Å²) < 4.78 is 4.71. The lowest BCUT2D eigenvalue weighted by Gasteiger charge is -2.10. The maximum absolute atomic E-state index is 11.5. The molecule has 0 atom stereocenters. The largest absolute Gasteiger partial charge is 0.506 e. The third-order valence-electron chi connectivity index (χ3n) is 2.27. The van der Waals surface area contributed by atoms with Crippen molar-refractivity contribution in [3.63, 3.8) is 0 Å². The van der Waals surface area contributed by atoms with E-state index in [0.717, 1.165) is 0 Å². The van der Waals surface area contributed by atoms with Crippen LogP contribution < -0.4 is 10.6 Å². The number of nitrogens with one attached hydrogen (secondary N) is 2. The molecule has 1 rings (SSSR count). The van der Waals surface area contributed by atoms with E-state index in [1.165, 1.54) is 6.07 Å². The number of carbonyl (C=O) groups excluding carboxylic acids is 2. The summed E-state index contributed by atoms with van der Waals surface area (Å²) in [5, 5.41) is 14.7. The first kappa shape index (κ1) is 15.9. The van der Waals surface area contributed by atoms with Crippen LogP contribution in [-0.2, 0) is 14.3 Å². The first-order valence-electron chi connectivity index (χ1n) is 6.07. The molecule has 0 aliphatic rings. The minimum atomic E-state index is -0.428. The van der Waals surface area contributed by atoms with E-state index >= 15 is 0 Å². The summed E-state index contributed by atoms with van der Waals surface area (Å²) in [6.45, 7) is 1.98. The highest BCUT2D eigenvalue weighted by molar-refractivity contribution is 7.80. The van der Waals surface area contributed by atoms with Crippen LogP contribution in [0.25, 0.3) is 0 Å². The highest BCUT2D eigenvalue weighted by Gasteiger charge is 2.09. The van der Waals surface area contributed by atoms with Gasteiger partial charge in [-0.2, -0.15) is 0 Å². The van der Waals surface area contributed by atoms with E-state index in [0.29, 0.717) is 5.69 Å². The van der Waals surface area contributed by atoms with Crippen molar-refractivity contribution in [3.05, 3.63) is 24.3 Å². The molecule has 7 heteroatoms. The van der Waals surface area contributed by atoms with Crippen LogP contribution >= 0.6 is 12.2 Å². The second kappa shape index (κ2) is 8.11. The number of benzene rings is 1. The van der Waals surface area contributed by atoms with E-state index in [1.54, 1.807) is 25.1 Å². The van der Waals surface area contributed by atoms with Gasteiger partial charge in [0.2, 0.25) is 5.91 Å². The standard InChI is InChI=1S/C13H16N2O4S/c1-2-19-12(18)8-7-11(17)15-13(20)14-9-5-3-4-6-10(9)16/h3-6,16H,2,7-8H2,1H3,(H2,14,15,17,20). The fourth-order valence-electron chi connectivity index (χ4n) is 1.37. The maximum atomic E-state index is 11.5. The van der Waals surface area contributed by atoms with Gasteiger partial charge in [0.05, 0.1) is 18.7 Å². The number of anilines is 1. The molecule has 20 heavy (non-hydrogen) atoms. The lowest BCUT2D eigenvalue weighted by Crippen LogP contribution is -2.34. The van der Waals surface area contributed by atoms with Gasteiger partial charge < -0.3 is 20.5 Å². The lowest BCUT2D eigenvalue weighted by atomic mass is 10.3. The van der Waals surface area contributed by atoms with Crippen molar-refractivity contribution >= 4 is 34.9 Å². The van der Waals surface area contributed by atoms with Crippen molar-refractivity contribution in [1.82, 2.24) is 5.32 Å². The molecule has 0 saturated carbocycles. The number of hydrogen-bond donors (Lipinski definition) is 3. The van der Waals surface area contributed by atoms with Gasteiger partial charge in [-0.3, -0.25) is 9.59 Å². The summed E-state index contributed by atoms with van der Waals surface area (Å²) in [5.41, 5.74) is 0.392. The van der Waals surface area contributed by atoms with Gasteiger partial charge in [0.25, 0.3) is 0 Å². The fourth-order valence-corrected chi connectivity index (χ4v) is 1.59. The third kappa shape index (κ3) is 5.66. The van der Waals surface area contributed by atoms with Crippen LogP contribution in [-0.4, -0.2) is 28.7 Å². The molecule has 1 aromatic rings. The van der Waals surface area contributed by atoms with Gasteiger partial charge in [-0.05, 0) is 31.3 Å². The van der Waals surface area contributed by atoms with E-state index < -0.39 is 11.9 Å². The SMILES string of the molecule is CCOC(=O)CCC(=O)NC(=S)Nc1ccccc1O. The van der Waals surface area contributed by atoms with Crippen LogP contribution in [0.15, 0.2) is 24.3 Å². The van der Waals surface area contributed by atoms with Crippen LogP contribution in [0, 0.1) is 0 Å². The Morgan fingerprint density at radius 3 is 2.65 bits per heavy atom. The van der Waals surface area contributed by atoms with Gasteiger partial charge in [-0.1, -0.05) is 12.1 Å². The number of rotatable bonds is 5. The van der Waals surface area contributed by atoms with E-state index in [-0.39, 0.29) is 30.3 Å². The Hall–Kier alpha value is -2.15. The summed E-state index contributed by atoms with van der Waals surface area (Å²) in [6.07, 6.45) is -0.0136. The first-order chi connectivity index (χ1) is 9.52. The number of carbonyl (C=O) groups is 2. The molecule has 0 saturated heterocycles. The molecule has 1 aromatic carbocycles. The molecule has 0 unspecified atom stereocenters. The predicted octanol–water partition coefficient (Wildman–Crippen LogP) is 1.55. The molecule has 108 valence electrons. The van der Waals surface area contributed by atoms with Gasteiger partial charge in [0.15, 0.2) is 5.11 Å². The predicted molar refractivity (Wildman–Crippen MR) is 78.3 cm³/mol. The number of aromatic hydroxyl groups is 1. The number of phenolic OH excluding ortho intramolecular Hbond substituents is 1. The number of phenols is 1. The molecular weight excluding hydrogens is 280 g/mol. The molecule has 1 amide bonds. The lowest BCUT2D eigenvalue weighted by molar-refractivity contribution is -0.144. The number of amides is 1. The minimum absolute atomic E-state index is 0.00112. The van der Waals surface area contributed by atoms with Gasteiger partial charge in [-0.25, -0.2) is 0 Å². The normalized spacial score (nSPS) is 9.65. The number of hydrogen-bond acceptors (Lipinski definition) is 5. The summed E-state index contributed by atoms with van der Waals surface area (Å²) in [6, 6.07) is 6.49. The van der Waals surface area contributed by atoms with E-state index in [2.05, 4.69) is 10.6 Å². The highest BCUT2D eigenvalue weighted by Crippen LogP contribution is 2.21. The molecule has 0 aliphatic carbocycles. The van der Waals surface area contributed by atoms with Crippen molar-refractivity contribution in [2.45, 2.75) is 19.8 Å². The minimum Gasteiger partial charge on any atom is -0.506 e. The van der Waals surface area contributed by atoms with Crippen LogP contribution in [0.1, 0.15) is 19.8 Å². The molecule has 0 fully saturated rings.